The fourth-order valence-corrected chi connectivity index (χ4v) is 5.10. The van der Waals surface area contributed by atoms with Gasteiger partial charge in [-0.25, -0.2) is 17.9 Å². The van der Waals surface area contributed by atoms with Crippen LogP contribution in [0.3, 0.4) is 0 Å². The molecule has 3 rings (SSSR count). The van der Waals surface area contributed by atoms with E-state index in [9.17, 15) is 22.8 Å². The summed E-state index contributed by atoms with van der Waals surface area (Å²) < 4.78 is 29.6. The van der Waals surface area contributed by atoms with Gasteiger partial charge in [0, 0.05) is 18.7 Å². The van der Waals surface area contributed by atoms with Crippen LogP contribution < -0.4 is 5.56 Å². The maximum absolute atomic E-state index is 12.4. The molecule has 0 radical (unpaired) electrons. The number of ether oxygens (including phenoxy) is 1. The summed E-state index contributed by atoms with van der Waals surface area (Å²) in [7, 11) is -3.14. The summed E-state index contributed by atoms with van der Waals surface area (Å²) >= 11 is 0. The first-order valence-electron chi connectivity index (χ1n) is 9.58. The first-order valence-corrected chi connectivity index (χ1v) is 11.4. The number of carbonyl (C=O) groups is 2. The predicted molar refractivity (Wildman–Crippen MR) is 109 cm³/mol. The van der Waals surface area contributed by atoms with Crippen molar-refractivity contribution < 1.29 is 22.7 Å². The lowest BCUT2D eigenvalue weighted by Gasteiger charge is -2.26. The molecule has 1 aromatic carbocycles. The molecule has 0 saturated carbocycles. The molecule has 9 nitrogen and oxygen atoms in total. The fourth-order valence-electron chi connectivity index (χ4n) is 3.37. The largest absolute Gasteiger partial charge is 0.451 e. The molecule has 2 heterocycles. The first-order chi connectivity index (χ1) is 14.3. The number of rotatable bonds is 7. The van der Waals surface area contributed by atoms with Crippen molar-refractivity contribution in [3.8, 4) is 0 Å². The van der Waals surface area contributed by atoms with Gasteiger partial charge in [0.05, 0.1) is 18.1 Å². The topological polar surface area (TPSA) is 116 Å². The molecule has 0 aliphatic carbocycles. The van der Waals surface area contributed by atoms with E-state index in [2.05, 4.69) is 5.10 Å². The van der Waals surface area contributed by atoms with Crippen LogP contribution in [0.4, 0.5) is 0 Å². The van der Waals surface area contributed by atoms with Crippen molar-refractivity contribution in [3.63, 3.8) is 0 Å². The van der Waals surface area contributed by atoms with Crippen LogP contribution >= 0.6 is 0 Å². The molecule has 0 bridgehead atoms. The third-order valence-corrected chi connectivity index (χ3v) is 6.64. The van der Waals surface area contributed by atoms with Crippen LogP contribution in [0.25, 0.3) is 0 Å². The second-order valence-electron chi connectivity index (χ2n) is 7.01. The highest BCUT2D eigenvalue weighted by Gasteiger charge is 2.34. The van der Waals surface area contributed by atoms with Crippen LogP contribution in [0.15, 0.2) is 47.3 Å². The van der Waals surface area contributed by atoms with Gasteiger partial charge in [-0.05, 0) is 25.0 Å². The zero-order valence-corrected chi connectivity index (χ0v) is 17.4. The Bertz CT molecular complexity index is 1080. The molecular formula is C20H23N3O6S. The van der Waals surface area contributed by atoms with Gasteiger partial charge in [0.1, 0.15) is 0 Å². The van der Waals surface area contributed by atoms with E-state index in [1.807, 2.05) is 30.3 Å². The minimum absolute atomic E-state index is 0.0497. The highest BCUT2D eigenvalue weighted by molar-refractivity contribution is 7.91. The van der Waals surface area contributed by atoms with Crippen LogP contribution in [-0.2, 0) is 25.9 Å². The van der Waals surface area contributed by atoms with Crippen LogP contribution in [0.5, 0.6) is 0 Å². The van der Waals surface area contributed by atoms with Crippen LogP contribution in [0.2, 0.25) is 0 Å². The minimum Gasteiger partial charge on any atom is -0.451 e. The average molecular weight is 433 g/mol. The molecule has 1 atom stereocenters. The highest BCUT2D eigenvalue weighted by atomic mass is 32.2. The molecule has 10 heteroatoms. The third kappa shape index (κ3) is 5.32. The van der Waals surface area contributed by atoms with Gasteiger partial charge in [0.15, 0.2) is 22.1 Å². The fraction of sp³-hybridized carbons (Fsp3) is 0.400. The molecule has 30 heavy (non-hydrogen) atoms. The number of amides is 1. The van der Waals surface area contributed by atoms with Crippen molar-refractivity contribution in [2.24, 2.45) is 0 Å². The van der Waals surface area contributed by atoms with E-state index in [1.54, 1.807) is 6.92 Å². The molecule has 0 spiro atoms. The number of hydrogen-bond donors (Lipinski definition) is 0. The molecule has 1 fully saturated rings. The van der Waals surface area contributed by atoms with Crippen molar-refractivity contribution in [1.82, 2.24) is 14.7 Å². The Morgan fingerprint density at radius 3 is 2.57 bits per heavy atom. The lowest BCUT2D eigenvalue weighted by molar-refractivity contribution is -0.136. The zero-order valence-electron chi connectivity index (χ0n) is 16.6. The number of benzene rings is 1. The summed E-state index contributed by atoms with van der Waals surface area (Å²) in [5.41, 5.74) is 0.383. The number of likely N-dealkylation sites (N-methyl/N-ethyl adjacent to an activating group) is 1. The number of esters is 1. The molecule has 2 aromatic rings. The minimum atomic E-state index is -3.14. The zero-order chi connectivity index (χ0) is 21.7. The van der Waals surface area contributed by atoms with Crippen LogP contribution in [0, 0.1) is 0 Å². The van der Waals surface area contributed by atoms with Crippen molar-refractivity contribution in [1.29, 1.82) is 0 Å². The van der Waals surface area contributed by atoms with Gasteiger partial charge in [-0.1, -0.05) is 30.3 Å². The SMILES string of the molecule is CCN(C(=O)COC(=O)c1ccc(=O)n(Cc2ccccc2)n1)[C@@H]1CCS(=O)(=O)C1. The Balaban J connectivity index is 1.63. The molecule has 0 unspecified atom stereocenters. The van der Waals surface area contributed by atoms with Crippen molar-refractivity contribution in [3.05, 3.63) is 64.1 Å². The first kappa shape index (κ1) is 21.7. The average Bonchev–Trinajstić information content (AvgIpc) is 3.08. The summed E-state index contributed by atoms with van der Waals surface area (Å²) in [4.78, 5) is 38.2. The molecule has 1 aliphatic rings. The monoisotopic (exact) mass is 433 g/mol. The van der Waals surface area contributed by atoms with Gasteiger partial charge < -0.3 is 9.64 Å². The van der Waals surface area contributed by atoms with E-state index < -0.39 is 34.4 Å². The number of hydrogen-bond acceptors (Lipinski definition) is 7. The van der Waals surface area contributed by atoms with E-state index in [-0.39, 0.29) is 29.3 Å². The standard InChI is InChI=1S/C20H23N3O6S/c1-2-22(16-10-11-30(27,28)14-16)19(25)13-29-20(26)17-8-9-18(24)23(21-17)12-15-6-4-3-5-7-15/h3-9,16H,2,10-14H2,1H3/t16-/m1/s1. The summed E-state index contributed by atoms with van der Waals surface area (Å²) in [6.45, 7) is 1.73. The molecule has 1 aliphatic heterocycles. The molecule has 160 valence electrons. The van der Waals surface area contributed by atoms with E-state index in [0.29, 0.717) is 13.0 Å². The highest BCUT2D eigenvalue weighted by Crippen LogP contribution is 2.18. The lowest BCUT2D eigenvalue weighted by Crippen LogP contribution is -2.43. The second-order valence-corrected chi connectivity index (χ2v) is 9.24. The number of sulfone groups is 1. The third-order valence-electron chi connectivity index (χ3n) is 4.89. The molecule has 0 N–H and O–H groups in total. The molecular weight excluding hydrogens is 410 g/mol. The Morgan fingerprint density at radius 2 is 1.93 bits per heavy atom. The van der Waals surface area contributed by atoms with Gasteiger partial charge in [-0.2, -0.15) is 5.10 Å². The Morgan fingerprint density at radius 1 is 1.20 bits per heavy atom. The van der Waals surface area contributed by atoms with Crippen LogP contribution in [0.1, 0.15) is 29.4 Å². The molecule has 1 saturated heterocycles. The van der Waals surface area contributed by atoms with Crippen molar-refractivity contribution in [2.75, 3.05) is 24.7 Å². The summed E-state index contributed by atoms with van der Waals surface area (Å²) in [6, 6.07) is 11.2. The number of nitrogens with zero attached hydrogens (tertiary/aromatic N) is 3. The number of carbonyl (C=O) groups excluding carboxylic acids is 2. The molecule has 1 amide bonds. The normalized spacial score (nSPS) is 17.4. The van der Waals surface area contributed by atoms with E-state index >= 15 is 0 Å². The van der Waals surface area contributed by atoms with Gasteiger partial charge >= 0.3 is 5.97 Å². The van der Waals surface area contributed by atoms with Gasteiger partial charge in [-0.3, -0.25) is 9.59 Å². The Hall–Kier alpha value is -3.01. The maximum atomic E-state index is 12.4. The summed E-state index contributed by atoms with van der Waals surface area (Å²) in [6.07, 6.45) is 0.377. The molecule has 1 aromatic heterocycles. The van der Waals surface area contributed by atoms with Crippen molar-refractivity contribution >= 4 is 21.7 Å². The maximum Gasteiger partial charge on any atom is 0.359 e. The Kier molecular flexibility index (Phi) is 6.66. The second kappa shape index (κ2) is 9.21. The quantitative estimate of drug-likeness (QED) is 0.583. The van der Waals surface area contributed by atoms with Crippen molar-refractivity contribution in [2.45, 2.75) is 25.9 Å². The van der Waals surface area contributed by atoms with E-state index in [4.69, 9.17) is 4.74 Å². The Labute approximate surface area is 174 Å². The summed E-state index contributed by atoms with van der Waals surface area (Å²) in [5, 5.41) is 4.03. The van der Waals surface area contributed by atoms with E-state index in [0.717, 1.165) is 10.2 Å². The van der Waals surface area contributed by atoms with Gasteiger partial charge in [0.25, 0.3) is 11.5 Å². The van der Waals surface area contributed by atoms with Crippen LogP contribution in [-0.4, -0.2) is 65.7 Å². The van der Waals surface area contributed by atoms with Gasteiger partial charge in [-0.15, -0.1) is 0 Å². The number of aromatic nitrogens is 2. The van der Waals surface area contributed by atoms with Gasteiger partial charge in [0.2, 0.25) is 0 Å². The van der Waals surface area contributed by atoms with E-state index in [1.165, 1.54) is 17.0 Å². The predicted octanol–water partition coefficient (Wildman–Crippen LogP) is 0.484. The smallest absolute Gasteiger partial charge is 0.359 e. The summed E-state index contributed by atoms with van der Waals surface area (Å²) in [5.74, 6) is -1.33. The lowest BCUT2D eigenvalue weighted by atomic mass is 10.2.